The average Bonchev–Trinajstić information content (AvgIpc) is 2.29. The first-order chi connectivity index (χ1) is 7.69. The fraction of sp³-hybridized carbons (Fsp3) is 0.600. The summed E-state index contributed by atoms with van der Waals surface area (Å²) < 4.78 is 0. The van der Waals surface area contributed by atoms with Crippen LogP contribution in [0.3, 0.4) is 0 Å². The maximum Gasteiger partial charge on any atom is 0.137 e. The number of rotatable bonds is 6. The van der Waals surface area contributed by atoms with E-state index in [9.17, 15) is 5.11 Å². The molecule has 0 saturated heterocycles. The number of hydrogen-bond acceptors (Lipinski definition) is 5. The first kappa shape index (κ1) is 13.2. The molecular weight excluding hydrogens is 230 g/mol. The molecule has 0 aliphatic heterocycles. The van der Waals surface area contributed by atoms with Gasteiger partial charge in [-0.15, -0.1) is 0 Å². The second-order valence-electron chi connectivity index (χ2n) is 3.46. The lowest BCUT2D eigenvalue weighted by molar-refractivity contribution is 0.105. The standard InChI is InChI=1S/C10H16ClN3O2/c1-2-3-8-9(11)13-6-14-10(8)12-4-7(16)5-15/h6-7,15-16H,2-5H2,1H3,(H,12,13,14). The number of nitrogens with one attached hydrogen (secondary N) is 1. The maximum absolute atomic E-state index is 9.22. The molecule has 1 atom stereocenters. The van der Waals surface area contributed by atoms with Gasteiger partial charge in [-0.25, -0.2) is 9.97 Å². The molecular formula is C10H16ClN3O2. The topological polar surface area (TPSA) is 78.3 Å². The van der Waals surface area contributed by atoms with Crippen molar-refractivity contribution in [1.29, 1.82) is 0 Å². The van der Waals surface area contributed by atoms with Crippen LogP contribution in [-0.2, 0) is 6.42 Å². The van der Waals surface area contributed by atoms with Gasteiger partial charge in [-0.3, -0.25) is 0 Å². The maximum atomic E-state index is 9.22. The van der Waals surface area contributed by atoms with Gasteiger partial charge in [0.25, 0.3) is 0 Å². The summed E-state index contributed by atoms with van der Waals surface area (Å²) in [4.78, 5) is 7.97. The Kier molecular flexibility index (Phi) is 5.45. The summed E-state index contributed by atoms with van der Waals surface area (Å²) in [6, 6.07) is 0. The molecule has 0 radical (unpaired) electrons. The number of aliphatic hydroxyl groups excluding tert-OH is 2. The van der Waals surface area contributed by atoms with E-state index in [4.69, 9.17) is 16.7 Å². The summed E-state index contributed by atoms with van der Waals surface area (Å²) in [5.74, 6) is 0.620. The minimum absolute atomic E-state index is 0.237. The summed E-state index contributed by atoms with van der Waals surface area (Å²) in [6.45, 7) is 1.99. The lowest BCUT2D eigenvalue weighted by Gasteiger charge is -2.13. The van der Waals surface area contributed by atoms with Gasteiger partial charge in [0.2, 0.25) is 0 Å². The summed E-state index contributed by atoms with van der Waals surface area (Å²) in [5, 5.41) is 21.3. The number of hydrogen-bond donors (Lipinski definition) is 3. The molecule has 0 bridgehead atoms. The molecule has 0 aliphatic rings. The van der Waals surface area contributed by atoms with Gasteiger partial charge in [-0.1, -0.05) is 24.9 Å². The number of aromatic nitrogens is 2. The normalized spacial score (nSPS) is 12.5. The molecule has 3 N–H and O–H groups in total. The zero-order valence-electron chi connectivity index (χ0n) is 9.15. The SMILES string of the molecule is CCCc1c(Cl)ncnc1NCC(O)CO. The zero-order valence-corrected chi connectivity index (χ0v) is 9.91. The van der Waals surface area contributed by atoms with E-state index in [1.54, 1.807) is 0 Å². The zero-order chi connectivity index (χ0) is 12.0. The van der Waals surface area contributed by atoms with Gasteiger partial charge in [0.1, 0.15) is 17.3 Å². The van der Waals surface area contributed by atoms with Crippen LogP contribution in [0.15, 0.2) is 6.33 Å². The highest BCUT2D eigenvalue weighted by molar-refractivity contribution is 6.30. The fourth-order valence-electron chi connectivity index (χ4n) is 1.29. The summed E-state index contributed by atoms with van der Waals surface area (Å²) in [6.07, 6.45) is 2.28. The molecule has 16 heavy (non-hydrogen) atoms. The molecule has 0 spiro atoms. The van der Waals surface area contributed by atoms with Crippen LogP contribution in [0.25, 0.3) is 0 Å². The summed E-state index contributed by atoms with van der Waals surface area (Å²) in [5.41, 5.74) is 0.844. The lowest BCUT2D eigenvalue weighted by atomic mass is 10.2. The van der Waals surface area contributed by atoms with Crippen molar-refractivity contribution in [3.05, 3.63) is 17.0 Å². The number of aliphatic hydroxyl groups is 2. The first-order valence-electron chi connectivity index (χ1n) is 5.21. The third-order valence-electron chi connectivity index (χ3n) is 2.11. The van der Waals surface area contributed by atoms with Crippen molar-refractivity contribution in [1.82, 2.24) is 9.97 Å². The van der Waals surface area contributed by atoms with Crippen LogP contribution in [-0.4, -0.2) is 39.4 Å². The van der Waals surface area contributed by atoms with Crippen molar-refractivity contribution in [2.24, 2.45) is 0 Å². The van der Waals surface area contributed by atoms with Gasteiger partial charge in [-0.2, -0.15) is 0 Å². The smallest absolute Gasteiger partial charge is 0.137 e. The number of nitrogens with zero attached hydrogens (tertiary/aromatic N) is 2. The Morgan fingerprint density at radius 2 is 2.25 bits per heavy atom. The van der Waals surface area contributed by atoms with Crippen molar-refractivity contribution in [2.45, 2.75) is 25.9 Å². The van der Waals surface area contributed by atoms with Crippen molar-refractivity contribution in [3.8, 4) is 0 Å². The van der Waals surface area contributed by atoms with Crippen LogP contribution in [0, 0.1) is 0 Å². The molecule has 1 aromatic rings. The molecule has 0 amide bonds. The molecule has 0 aliphatic carbocycles. The highest BCUT2D eigenvalue weighted by Gasteiger charge is 2.10. The molecule has 90 valence electrons. The van der Waals surface area contributed by atoms with Gasteiger partial charge in [0, 0.05) is 12.1 Å². The molecule has 6 heteroatoms. The monoisotopic (exact) mass is 245 g/mol. The van der Waals surface area contributed by atoms with Gasteiger partial charge < -0.3 is 15.5 Å². The van der Waals surface area contributed by atoms with E-state index in [2.05, 4.69) is 15.3 Å². The molecule has 0 aromatic carbocycles. The second kappa shape index (κ2) is 6.62. The largest absolute Gasteiger partial charge is 0.394 e. The Morgan fingerprint density at radius 1 is 1.50 bits per heavy atom. The Balaban J connectivity index is 2.74. The Hall–Kier alpha value is -0.910. The van der Waals surface area contributed by atoms with E-state index in [1.807, 2.05) is 6.92 Å². The van der Waals surface area contributed by atoms with Gasteiger partial charge in [-0.05, 0) is 6.42 Å². The Morgan fingerprint density at radius 3 is 2.88 bits per heavy atom. The van der Waals surface area contributed by atoms with Crippen LogP contribution >= 0.6 is 11.6 Å². The van der Waals surface area contributed by atoms with Crippen molar-refractivity contribution in [3.63, 3.8) is 0 Å². The predicted molar refractivity (Wildman–Crippen MR) is 62.6 cm³/mol. The highest BCUT2D eigenvalue weighted by atomic mass is 35.5. The number of halogens is 1. The van der Waals surface area contributed by atoms with E-state index in [0.717, 1.165) is 18.4 Å². The van der Waals surface area contributed by atoms with Crippen LogP contribution < -0.4 is 5.32 Å². The van der Waals surface area contributed by atoms with Crippen LogP contribution in [0.2, 0.25) is 5.15 Å². The van der Waals surface area contributed by atoms with Crippen molar-refractivity contribution in [2.75, 3.05) is 18.5 Å². The minimum Gasteiger partial charge on any atom is -0.394 e. The second-order valence-corrected chi connectivity index (χ2v) is 3.82. The van der Waals surface area contributed by atoms with E-state index in [0.29, 0.717) is 11.0 Å². The molecule has 1 aromatic heterocycles. The third-order valence-corrected chi connectivity index (χ3v) is 2.43. The van der Waals surface area contributed by atoms with Gasteiger partial charge in [0.15, 0.2) is 0 Å². The highest BCUT2D eigenvalue weighted by Crippen LogP contribution is 2.21. The Labute approximate surface area is 99.5 Å². The lowest BCUT2D eigenvalue weighted by Crippen LogP contribution is -2.24. The van der Waals surface area contributed by atoms with E-state index >= 15 is 0 Å². The molecule has 0 saturated carbocycles. The van der Waals surface area contributed by atoms with Gasteiger partial charge >= 0.3 is 0 Å². The van der Waals surface area contributed by atoms with E-state index in [-0.39, 0.29) is 13.2 Å². The van der Waals surface area contributed by atoms with Crippen LogP contribution in [0.4, 0.5) is 5.82 Å². The average molecular weight is 246 g/mol. The molecule has 0 fully saturated rings. The van der Waals surface area contributed by atoms with Gasteiger partial charge in [0.05, 0.1) is 12.7 Å². The number of anilines is 1. The minimum atomic E-state index is -0.803. The van der Waals surface area contributed by atoms with E-state index < -0.39 is 6.10 Å². The third kappa shape index (κ3) is 3.59. The first-order valence-corrected chi connectivity index (χ1v) is 5.59. The molecule has 1 heterocycles. The molecule has 1 rings (SSSR count). The summed E-state index contributed by atoms with van der Waals surface area (Å²) >= 11 is 5.95. The Bertz CT molecular complexity index is 336. The van der Waals surface area contributed by atoms with E-state index in [1.165, 1.54) is 6.33 Å². The van der Waals surface area contributed by atoms with Crippen molar-refractivity contribution < 1.29 is 10.2 Å². The predicted octanol–water partition coefficient (Wildman–Crippen LogP) is 0.848. The molecule has 1 unspecified atom stereocenters. The quantitative estimate of drug-likeness (QED) is 0.648. The summed E-state index contributed by atoms with van der Waals surface area (Å²) in [7, 11) is 0. The van der Waals surface area contributed by atoms with Crippen LogP contribution in [0.5, 0.6) is 0 Å². The molecule has 5 nitrogen and oxygen atoms in total. The fourth-order valence-corrected chi connectivity index (χ4v) is 1.52. The van der Waals surface area contributed by atoms with Crippen molar-refractivity contribution >= 4 is 17.4 Å². The van der Waals surface area contributed by atoms with Crippen LogP contribution in [0.1, 0.15) is 18.9 Å².